The molecule has 186 valence electrons. The summed E-state index contributed by atoms with van der Waals surface area (Å²) in [6.45, 7) is 14.9. The molecule has 0 amide bonds. The molecule has 0 aliphatic carbocycles. The van der Waals surface area contributed by atoms with Gasteiger partial charge in [0.15, 0.2) is 0 Å². The molecule has 0 spiro atoms. The van der Waals surface area contributed by atoms with Crippen LogP contribution in [0, 0.1) is 56.7 Å². The van der Waals surface area contributed by atoms with Crippen LogP contribution in [0.15, 0.2) is 0 Å². The number of nitriles is 5. The summed E-state index contributed by atoms with van der Waals surface area (Å²) in [5.41, 5.74) is 0. The first-order valence-corrected chi connectivity index (χ1v) is 11.6. The minimum Gasteiger partial charge on any atom is -0.281 e. The third kappa shape index (κ3) is 141. The Hall–Kier alpha value is -2.19. The molecule has 0 saturated heterocycles. The van der Waals surface area contributed by atoms with E-state index in [9.17, 15) is 0 Å². The molecular formula is C26H45N5OW. The average molecular weight is 628 g/mol. The standard InChI is InChI=1S/5C5H9N.CO.W/c5*1-2-3-4-5-6;1-2;/h5*2-4H2,1H3;;. The van der Waals surface area contributed by atoms with Gasteiger partial charge in [0, 0.05) is 53.2 Å². The summed E-state index contributed by atoms with van der Waals surface area (Å²) in [5, 5.41) is 39.7. The quantitative estimate of drug-likeness (QED) is 0.225. The van der Waals surface area contributed by atoms with Crippen molar-refractivity contribution in [3.05, 3.63) is 0 Å². The van der Waals surface area contributed by atoms with Gasteiger partial charge < -0.3 is 0 Å². The van der Waals surface area contributed by atoms with E-state index in [-0.39, 0.29) is 21.1 Å². The van der Waals surface area contributed by atoms with Gasteiger partial charge in [-0.2, -0.15) is 26.3 Å². The van der Waals surface area contributed by atoms with Gasteiger partial charge >= 0.3 is 0 Å². The van der Waals surface area contributed by atoms with Crippen molar-refractivity contribution in [1.82, 2.24) is 0 Å². The Morgan fingerprint density at radius 3 is 0.576 bits per heavy atom. The Bertz CT molecular complexity index is 389. The monoisotopic (exact) mass is 627 g/mol. The molecule has 0 rings (SSSR count). The summed E-state index contributed by atoms with van der Waals surface area (Å²) in [4.78, 5) is 7.50. The fraction of sp³-hybridized carbons (Fsp3) is 0.769. The maximum Gasteiger partial charge on any atom is 0.281 e. The summed E-state index contributed by atoms with van der Waals surface area (Å²) in [5.74, 6) is 0. The van der Waals surface area contributed by atoms with Crippen LogP contribution in [0.2, 0.25) is 0 Å². The first kappa shape index (κ1) is 48.3. The Morgan fingerprint density at radius 1 is 0.424 bits per heavy atom. The van der Waals surface area contributed by atoms with Gasteiger partial charge in [-0.1, -0.05) is 66.7 Å². The van der Waals surface area contributed by atoms with Gasteiger partial charge in [0.2, 0.25) is 0 Å². The van der Waals surface area contributed by atoms with Crippen LogP contribution in [0.5, 0.6) is 0 Å². The van der Waals surface area contributed by atoms with E-state index in [0.29, 0.717) is 0 Å². The molecule has 0 heterocycles. The fourth-order valence-electron chi connectivity index (χ4n) is 1.28. The van der Waals surface area contributed by atoms with Gasteiger partial charge in [0.25, 0.3) is 6.79 Å². The maximum absolute atomic E-state index is 7.95. The van der Waals surface area contributed by atoms with Crippen LogP contribution < -0.4 is 0 Å². The summed E-state index contributed by atoms with van der Waals surface area (Å²) in [6, 6.07) is 10.3. The number of nitrogens with zero attached hydrogens (tertiary/aromatic N) is 5. The second-order valence-corrected chi connectivity index (χ2v) is 6.31. The molecule has 0 aromatic heterocycles. The first-order chi connectivity index (χ1) is 15.6. The summed E-state index contributed by atoms with van der Waals surface area (Å²) >= 11 is 0. The molecule has 6 nitrogen and oxygen atoms in total. The number of rotatable bonds is 10. The Labute approximate surface area is 219 Å². The van der Waals surface area contributed by atoms with Crippen molar-refractivity contribution in [3.8, 4) is 30.3 Å². The van der Waals surface area contributed by atoms with E-state index in [4.69, 9.17) is 31.1 Å². The van der Waals surface area contributed by atoms with Crippen molar-refractivity contribution >= 4 is 6.79 Å². The molecular weight excluding hydrogens is 582 g/mol. The molecule has 0 atom stereocenters. The smallest absolute Gasteiger partial charge is 0.281 e. The van der Waals surface area contributed by atoms with Crippen molar-refractivity contribution in [3.63, 3.8) is 0 Å². The van der Waals surface area contributed by atoms with E-state index in [1.807, 2.05) is 0 Å². The van der Waals surface area contributed by atoms with Crippen LogP contribution in [0.4, 0.5) is 0 Å². The normalized spacial score (nSPS) is 6.79. The molecule has 0 unspecified atom stereocenters. The SMILES string of the molecule is CCCCC#N.CCCCC#N.CCCCC#N.CCCCC#N.CCCCC#N.[C]=O.[W]. The van der Waals surface area contributed by atoms with Crippen LogP contribution in [0.25, 0.3) is 0 Å². The van der Waals surface area contributed by atoms with E-state index >= 15 is 0 Å². The second kappa shape index (κ2) is 78.0. The zero-order chi connectivity index (χ0) is 26.1. The molecule has 0 aromatic carbocycles. The number of carbonyl (C=O) groups excluding carboxylic acids is 1. The largest absolute Gasteiger partial charge is 0.281 e. The Balaban J connectivity index is -0.0000000498. The minimum atomic E-state index is 0. The predicted octanol–water partition coefficient (Wildman–Crippen LogP) is 8.10. The second-order valence-electron chi connectivity index (χ2n) is 6.31. The van der Waals surface area contributed by atoms with Crippen LogP contribution in [0.3, 0.4) is 0 Å². The van der Waals surface area contributed by atoms with Crippen molar-refractivity contribution < 1.29 is 25.9 Å². The van der Waals surface area contributed by atoms with Crippen LogP contribution in [-0.2, 0) is 25.9 Å². The Kier molecular flexibility index (Phi) is 114. The zero-order valence-electron chi connectivity index (χ0n) is 21.7. The van der Waals surface area contributed by atoms with Gasteiger partial charge in [-0.3, -0.25) is 4.79 Å². The summed E-state index contributed by atoms with van der Waals surface area (Å²) in [6.07, 6.45) is 14.5. The molecule has 0 N–H and O–H groups in total. The van der Waals surface area contributed by atoms with Crippen molar-refractivity contribution in [2.75, 3.05) is 0 Å². The molecule has 0 aliphatic heterocycles. The van der Waals surface area contributed by atoms with E-state index in [1.54, 1.807) is 0 Å². The van der Waals surface area contributed by atoms with E-state index in [0.717, 1.165) is 96.3 Å². The third-order valence-electron chi connectivity index (χ3n) is 3.21. The average Bonchev–Trinajstić information content (AvgIpc) is 2.85. The molecule has 7 heteroatoms. The van der Waals surface area contributed by atoms with E-state index in [1.165, 1.54) is 0 Å². The molecule has 33 heavy (non-hydrogen) atoms. The van der Waals surface area contributed by atoms with Gasteiger partial charge in [-0.15, -0.1) is 0 Å². The molecule has 2 radical (unpaired) electrons. The van der Waals surface area contributed by atoms with Crippen molar-refractivity contribution in [1.29, 1.82) is 26.3 Å². The predicted molar refractivity (Wildman–Crippen MR) is 131 cm³/mol. The van der Waals surface area contributed by atoms with Gasteiger partial charge in [-0.25, -0.2) is 0 Å². The van der Waals surface area contributed by atoms with Crippen LogP contribution in [0.1, 0.15) is 131 Å². The molecule has 0 aliphatic rings. The number of hydrogen-bond acceptors (Lipinski definition) is 6. The van der Waals surface area contributed by atoms with E-state index < -0.39 is 0 Å². The van der Waals surface area contributed by atoms with Crippen molar-refractivity contribution in [2.45, 2.75) is 131 Å². The van der Waals surface area contributed by atoms with Gasteiger partial charge in [-0.05, 0) is 32.1 Å². The molecule has 0 fully saturated rings. The maximum atomic E-state index is 7.95. The first-order valence-electron chi connectivity index (χ1n) is 11.6. The molecule has 0 aromatic rings. The van der Waals surface area contributed by atoms with E-state index in [2.05, 4.69) is 71.8 Å². The topological polar surface area (TPSA) is 136 Å². The molecule has 0 bridgehead atoms. The zero-order valence-corrected chi connectivity index (χ0v) is 24.6. The number of hydrogen-bond donors (Lipinski definition) is 0. The van der Waals surface area contributed by atoms with Crippen LogP contribution in [-0.4, -0.2) is 6.79 Å². The van der Waals surface area contributed by atoms with Gasteiger partial charge in [0.05, 0.1) is 30.3 Å². The summed E-state index contributed by atoms with van der Waals surface area (Å²) in [7, 11) is 0. The van der Waals surface area contributed by atoms with Gasteiger partial charge in [0.1, 0.15) is 0 Å². The minimum absolute atomic E-state index is 0. The fourth-order valence-corrected chi connectivity index (χ4v) is 1.28. The number of unbranched alkanes of at least 4 members (excludes halogenated alkanes) is 10. The third-order valence-corrected chi connectivity index (χ3v) is 3.21. The van der Waals surface area contributed by atoms with Crippen LogP contribution >= 0.6 is 0 Å². The van der Waals surface area contributed by atoms with Crippen molar-refractivity contribution in [2.24, 2.45) is 0 Å². The molecule has 0 saturated carbocycles. The Morgan fingerprint density at radius 2 is 0.545 bits per heavy atom. The summed E-state index contributed by atoms with van der Waals surface area (Å²) < 4.78 is 0.